The third-order valence-electron chi connectivity index (χ3n) is 3.88. The predicted molar refractivity (Wildman–Crippen MR) is 94.7 cm³/mol. The lowest BCUT2D eigenvalue weighted by atomic mass is 10.0. The third-order valence-corrected chi connectivity index (χ3v) is 5.81. The maximum absolute atomic E-state index is 12.6. The van der Waals surface area contributed by atoms with Crippen molar-refractivity contribution in [1.82, 2.24) is 4.98 Å². The minimum Gasteiger partial charge on any atom is -0.507 e. The number of phenols is 1. The summed E-state index contributed by atoms with van der Waals surface area (Å²) in [4.78, 5) is 4.08. The highest BCUT2D eigenvalue weighted by atomic mass is 31.2. The van der Waals surface area contributed by atoms with Gasteiger partial charge in [-0.05, 0) is 42.7 Å². The van der Waals surface area contributed by atoms with E-state index in [4.69, 9.17) is 9.05 Å². The zero-order valence-electron chi connectivity index (χ0n) is 14.3. The molecule has 0 aliphatic rings. The average Bonchev–Trinajstić information content (AvgIpc) is 2.59. The van der Waals surface area contributed by atoms with Gasteiger partial charge in [0, 0.05) is 26.6 Å². The molecule has 0 fully saturated rings. The Morgan fingerprint density at radius 1 is 1.25 bits per heavy atom. The van der Waals surface area contributed by atoms with E-state index in [1.165, 1.54) is 14.2 Å². The van der Waals surface area contributed by atoms with Gasteiger partial charge in [-0.3, -0.25) is 9.55 Å². The van der Waals surface area contributed by atoms with Crippen LogP contribution in [0, 0.1) is 13.8 Å². The van der Waals surface area contributed by atoms with Crippen molar-refractivity contribution in [2.75, 3.05) is 25.7 Å². The van der Waals surface area contributed by atoms with Gasteiger partial charge in [-0.1, -0.05) is 12.1 Å². The van der Waals surface area contributed by atoms with E-state index in [-0.39, 0.29) is 18.0 Å². The SMILES string of the molecule is COP(=O)(CC(Nc1cccnc1)c1cc(C)c(O)c(C)c1)OC. The van der Waals surface area contributed by atoms with Crippen LogP contribution in [0.4, 0.5) is 5.69 Å². The molecular formula is C17H23N2O4P. The monoisotopic (exact) mass is 350 g/mol. The summed E-state index contributed by atoms with van der Waals surface area (Å²) in [6, 6.07) is 7.11. The number of hydrogen-bond acceptors (Lipinski definition) is 6. The van der Waals surface area contributed by atoms with Crippen molar-refractivity contribution in [3.63, 3.8) is 0 Å². The number of aryl methyl sites for hydroxylation is 2. The van der Waals surface area contributed by atoms with Gasteiger partial charge in [0.1, 0.15) is 5.75 Å². The van der Waals surface area contributed by atoms with Crippen molar-refractivity contribution in [3.8, 4) is 5.75 Å². The fraction of sp³-hybridized carbons (Fsp3) is 0.353. The lowest BCUT2D eigenvalue weighted by Crippen LogP contribution is -2.17. The van der Waals surface area contributed by atoms with E-state index >= 15 is 0 Å². The summed E-state index contributed by atoms with van der Waals surface area (Å²) in [5.74, 6) is 0.264. The maximum atomic E-state index is 12.6. The Balaban J connectivity index is 2.40. The first-order valence-electron chi connectivity index (χ1n) is 7.55. The normalized spacial score (nSPS) is 12.8. The highest BCUT2D eigenvalue weighted by Gasteiger charge is 2.28. The van der Waals surface area contributed by atoms with Crippen LogP contribution in [0.1, 0.15) is 22.7 Å². The number of rotatable bonds is 7. The largest absolute Gasteiger partial charge is 0.507 e. The molecule has 0 aliphatic heterocycles. The molecule has 1 heterocycles. The highest BCUT2D eigenvalue weighted by molar-refractivity contribution is 7.53. The van der Waals surface area contributed by atoms with Crippen LogP contribution in [0.5, 0.6) is 5.75 Å². The van der Waals surface area contributed by atoms with Crippen molar-refractivity contribution in [2.45, 2.75) is 19.9 Å². The maximum Gasteiger partial charge on any atom is 0.332 e. The third kappa shape index (κ3) is 4.35. The first-order valence-corrected chi connectivity index (χ1v) is 9.28. The summed E-state index contributed by atoms with van der Waals surface area (Å²) in [6.45, 7) is 3.67. The van der Waals surface area contributed by atoms with Crippen molar-refractivity contribution in [1.29, 1.82) is 0 Å². The Morgan fingerprint density at radius 3 is 2.38 bits per heavy atom. The van der Waals surface area contributed by atoms with E-state index in [0.29, 0.717) is 0 Å². The van der Waals surface area contributed by atoms with Crippen LogP contribution in [0.25, 0.3) is 0 Å². The number of phenolic OH excluding ortho intramolecular Hbond substituents is 1. The minimum atomic E-state index is -3.23. The van der Waals surface area contributed by atoms with E-state index in [1.54, 1.807) is 12.4 Å². The van der Waals surface area contributed by atoms with Gasteiger partial charge in [-0.2, -0.15) is 0 Å². The molecule has 1 aromatic heterocycles. The number of nitrogens with zero attached hydrogens (tertiary/aromatic N) is 1. The van der Waals surface area contributed by atoms with Crippen LogP contribution in [0.15, 0.2) is 36.7 Å². The summed E-state index contributed by atoms with van der Waals surface area (Å²) in [5.41, 5.74) is 3.20. The zero-order valence-corrected chi connectivity index (χ0v) is 15.2. The van der Waals surface area contributed by atoms with E-state index in [9.17, 15) is 9.67 Å². The van der Waals surface area contributed by atoms with E-state index in [0.717, 1.165) is 22.4 Å². The molecule has 1 unspecified atom stereocenters. The van der Waals surface area contributed by atoms with Crippen LogP contribution < -0.4 is 5.32 Å². The van der Waals surface area contributed by atoms with Crippen molar-refractivity contribution in [3.05, 3.63) is 53.3 Å². The number of anilines is 1. The fourth-order valence-corrected chi connectivity index (χ4v) is 3.72. The molecule has 0 amide bonds. The summed E-state index contributed by atoms with van der Waals surface area (Å²) >= 11 is 0. The summed E-state index contributed by atoms with van der Waals surface area (Å²) in [6.07, 6.45) is 3.53. The predicted octanol–water partition coefficient (Wildman–Crippen LogP) is 4.04. The van der Waals surface area contributed by atoms with Gasteiger partial charge in [0.15, 0.2) is 0 Å². The number of aromatic hydroxyl groups is 1. The second kappa shape index (κ2) is 7.79. The Bertz CT molecular complexity index is 706. The van der Waals surface area contributed by atoms with E-state index in [1.807, 2.05) is 38.1 Å². The molecule has 24 heavy (non-hydrogen) atoms. The molecule has 0 spiro atoms. The average molecular weight is 350 g/mol. The first-order chi connectivity index (χ1) is 11.4. The number of aromatic nitrogens is 1. The molecule has 7 heteroatoms. The van der Waals surface area contributed by atoms with E-state index < -0.39 is 7.60 Å². The van der Waals surface area contributed by atoms with Gasteiger partial charge < -0.3 is 19.5 Å². The molecule has 0 bridgehead atoms. The lowest BCUT2D eigenvalue weighted by Gasteiger charge is -2.24. The Kier molecular flexibility index (Phi) is 5.99. The van der Waals surface area contributed by atoms with Crippen LogP contribution >= 0.6 is 7.60 Å². The second-order valence-corrected chi connectivity index (χ2v) is 7.92. The van der Waals surface area contributed by atoms with Crippen LogP contribution in [0.2, 0.25) is 0 Å². The summed E-state index contributed by atoms with van der Waals surface area (Å²) < 4.78 is 22.8. The Hall–Kier alpha value is -1.88. The number of nitrogens with one attached hydrogen (secondary N) is 1. The van der Waals surface area contributed by atoms with Crippen LogP contribution in [-0.2, 0) is 13.6 Å². The van der Waals surface area contributed by atoms with Crippen molar-refractivity contribution in [2.24, 2.45) is 0 Å². The second-order valence-electron chi connectivity index (χ2n) is 5.60. The molecule has 2 N–H and O–H groups in total. The number of benzene rings is 1. The molecule has 0 radical (unpaired) electrons. The summed E-state index contributed by atoms with van der Waals surface area (Å²) in [7, 11) is -0.480. The topological polar surface area (TPSA) is 80.7 Å². The van der Waals surface area contributed by atoms with Gasteiger partial charge in [0.2, 0.25) is 0 Å². The fourth-order valence-electron chi connectivity index (χ4n) is 2.52. The van der Waals surface area contributed by atoms with Crippen molar-refractivity contribution >= 4 is 13.3 Å². The highest BCUT2D eigenvalue weighted by Crippen LogP contribution is 2.50. The zero-order chi connectivity index (χ0) is 17.7. The van der Waals surface area contributed by atoms with Crippen molar-refractivity contribution < 1.29 is 18.7 Å². The van der Waals surface area contributed by atoms with Gasteiger partial charge in [0.05, 0.1) is 17.9 Å². The van der Waals surface area contributed by atoms with Gasteiger partial charge in [-0.25, -0.2) is 0 Å². The number of pyridine rings is 1. The molecular weight excluding hydrogens is 327 g/mol. The molecule has 130 valence electrons. The van der Waals surface area contributed by atoms with Gasteiger partial charge in [0.25, 0.3) is 0 Å². The Morgan fingerprint density at radius 2 is 1.88 bits per heavy atom. The quantitative estimate of drug-likeness (QED) is 0.734. The molecule has 1 atom stereocenters. The molecule has 0 saturated carbocycles. The van der Waals surface area contributed by atoms with Gasteiger partial charge in [-0.15, -0.1) is 0 Å². The summed E-state index contributed by atoms with van der Waals surface area (Å²) in [5, 5.41) is 13.3. The molecule has 2 aromatic rings. The molecule has 0 aliphatic carbocycles. The lowest BCUT2D eigenvalue weighted by molar-refractivity contribution is 0.274. The van der Waals surface area contributed by atoms with Crippen LogP contribution in [-0.4, -0.2) is 30.5 Å². The molecule has 1 aromatic carbocycles. The van der Waals surface area contributed by atoms with Gasteiger partial charge >= 0.3 is 7.60 Å². The first kappa shape index (κ1) is 18.5. The number of hydrogen-bond donors (Lipinski definition) is 2. The van der Waals surface area contributed by atoms with Crippen LogP contribution in [0.3, 0.4) is 0 Å². The molecule has 6 nitrogen and oxygen atoms in total. The Labute approximate surface area is 142 Å². The molecule has 0 saturated heterocycles. The standard InChI is InChI=1S/C17H23N2O4P/c1-12-8-14(9-13(2)17(12)20)16(11-24(21,22-3)23-4)19-15-6-5-7-18-10-15/h5-10,16,19-20H,11H2,1-4H3. The molecule has 2 rings (SSSR count). The smallest absolute Gasteiger partial charge is 0.332 e. The minimum absolute atomic E-state index is 0.151. The van der Waals surface area contributed by atoms with E-state index in [2.05, 4.69) is 10.3 Å².